The predicted octanol–water partition coefficient (Wildman–Crippen LogP) is 3.42. The highest BCUT2D eigenvalue weighted by Crippen LogP contribution is 2.23. The van der Waals surface area contributed by atoms with Gasteiger partial charge in [0.05, 0.1) is 6.04 Å². The first kappa shape index (κ1) is 22.1. The number of nitrogens with one attached hydrogen (secondary N) is 1. The number of carbonyl (C=O) groups is 1. The van der Waals surface area contributed by atoms with E-state index in [1.807, 2.05) is 6.07 Å². The number of fused-ring (bicyclic) bond motifs is 1. The number of amides is 1. The average Bonchev–Trinajstić information content (AvgIpc) is 3.11. The fraction of sp³-hybridized carbons (Fsp3) is 0.440. The van der Waals surface area contributed by atoms with E-state index < -0.39 is 0 Å². The van der Waals surface area contributed by atoms with Gasteiger partial charge in [-0.05, 0) is 35.6 Å². The second-order valence-corrected chi connectivity index (χ2v) is 8.73. The lowest BCUT2D eigenvalue weighted by molar-refractivity contribution is 0.0916. The topological polar surface area (TPSA) is 75.9 Å². The molecule has 1 aromatic carbocycles. The molecule has 0 aliphatic carbocycles. The predicted molar refractivity (Wildman–Crippen MR) is 124 cm³/mol. The molecule has 32 heavy (non-hydrogen) atoms. The fourth-order valence-electron chi connectivity index (χ4n) is 4.16. The third kappa shape index (κ3) is 5.05. The van der Waals surface area contributed by atoms with Gasteiger partial charge >= 0.3 is 0 Å². The van der Waals surface area contributed by atoms with E-state index in [0.29, 0.717) is 5.69 Å². The van der Waals surface area contributed by atoms with Gasteiger partial charge in [0.1, 0.15) is 11.5 Å². The van der Waals surface area contributed by atoms with E-state index in [1.54, 1.807) is 18.3 Å². The first-order chi connectivity index (χ1) is 15.5. The largest absolute Gasteiger partial charge is 0.340 e. The average molecular weight is 433 g/mol. The molecule has 0 saturated carbocycles. The molecule has 0 radical (unpaired) electrons. The molecule has 1 unspecified atom stereocenters. The summed E-state index contributed by atoms with van der Waals surface area (Å²) in [5, 5.41) is 12.1. The Bertz CT molecular complexity index is 1030. The molecule has 1 aliphatic heterocycles. The first-order valence-corrected chi connectivity index (χ1v) is 11.5. The summed E-state index contributed by atoms with van der Waals surface area (Å²) in [6.07, 6.45) is 3.54. The fourth-order valence-corrected chi connectivity index (χ4v) is 4.16. The van der Waals surface area contributed by atoms with Crippen LogP contribution in [0.5, 0.6) is 0 Å². The minimum absolute atomic E-state index is 0.174. The van der Waals surface area contributed by atoms with Crippen molar-refractivity contribution in [2.75, 3.05) is 13.1 Å². The molecule has 7 nitrogen and oxygen atoms in total. The summed E-state index contributed by atoms with van der Waals surface area (Å²) in [5.41, 5.74) is 3.12. The smallest absolute Gasteiger partial charge is 0.270 e. The molecule has 0 fully saturated rings. The molecule has 0 bridgehead atoms. The Morgan fingerprint density at radius 2 is 1.81 bits per heavy atom. The van der Waals surface area contributed by atoms with Crippen molar-refractivity contribution in [2.45, 2.75) is 52.7 Å². The monoisotopic (exact) mass is 432 g/mol. The summed E-state index contributed by atoms with van der Waals surface area (Å²) >= 11 is 0. The molecule has 1 aliphatic rings. The maximum atomic E-state index is 12.8. The second-order valence-electron chi connectivity index (χ2n) is 8.73. The number of aromatic nitrogens is 4. The van der Waals surface area contributed by atoms with Crippen molar-refractivity contribution in [3.05, 3.63) is 77.1 Å². The molecule has 0 saturated heterocycles. The minimum Gasteiger partial charge on any atom is -0.340 e. The SMILES string of the molecule is CCc1ccc(CN2CCc3nnc(C(NC(=O)c4ccccn4)C(C)C)n3CC2)cc1. The molecule has 1 atom stereocenters. The summed E-state index contributed by atoms with van der Waals surface area (Å²) < 4.78 is 2.20. The Morgan fingerprint density at radius 1 is 1.03 bits per heavy atom. The molecule has 168 valence electrons. The lowest BCUT2D eigenvalue weighted by Gasteiger charge is -2.23. The van der Waals surface area contributed by atoms with Crippen molar-refractivity contribution in [2.24, 2.45) is 5.92 Å². The summed E-state index contributed by atoms with van der Waals surface area (Å²) in [4.78, 5) is 19.4. The van der Waals surface area contributed by atoms with E-state index in [9.17, 15) is 4.79 Å². The van der Waals surface area contributed by atoms with Gasteiger partial charge < -0.3 is 9.88 Å². The van der Waals surface area contributed by atoms with Crippen LogP contribution < -0.4 is 5.32 Å². The number of nitrogens with zero attached hydrogens (tertiary/aromatic N) is 5. The van der Waals surface area contributed by atoms with Gasteiger partial charge in [-0.2, -0.15) is 0 Å². The van der Waals surface area contributed by atoms with Crippen LogP contribution in [0.4, 0.5) is 0 Å². The molecule has 3 aromatic rings. The van der Waals surface area contributed by atoms with Crippen LogP contribution in [0.2, 0.25) is 0 Å². The molecule has 0 spiro atoms. The highest BCUT2D eigenvalue weighted by molar-refractivity contribution is 5.92. The Morgan fingerprint density at radius 3 is 2.50 bits per heavy atom. The maximum absolute atomic E-state index is 12.8. The van der Waals surface area contributed by atoms with Crippen LogP contribution in [0.3, 0.4) is 0 Å². The number of hydrogen-bond donors (Lipinski definition) is 1. The van der Waals surface area contributed by atoms with Gasteiger partial charge in [0, 0.05) is 38.8 Å². The second kappa shape index (κ2) is 10.0. The van der Waals surface area contributed by atoms with E-state index >= 15 is 0 Å². The number of rotatable bonds is 7. The number of aryl methyl sites for hydroxylation is 1. The molecule has 2 aromatic heterocycles. The van der Waals surface area contributed by atoms with E-state index in [-0.39, 0.29) is 17.9 Å². The Kier molecular flexibility index (Phi) is 6.95. The van der Waals surface area contributed by atoms with Crippen molar-refractivity contribution in [3.63, 3.8) is 0 Å². The van der Waals surface area contributed by atoms with Crippen LogP contribution in [0.1, 0.15) is 60.1 Å². The zero-order valence-electron chi connectivity index (χ0n) is 19.2. The first-order valence-electron chi connectivity index (χ1n) is 11.5. The van der Waals surface area contributed by atoms with E-state index in [0.717, 1.165) is 50.7 Å². The number of hydrogen-bond acceptors (Lipinski definition) is 5. The zero-order valence-corrected chi connectivity index (χ0v) is 19.2. The minimum atomic E-state index is -0.223. The Balaban J connectivity index is 1.46. The Labute approximate surface area is 189 Å². The van der Waals surface area contributed by atoms with Crippen molar-refractivity contribution in [1.29, 1.82) is 0 Å². The summed E-state index contributed by atoms with van der Waals surface area (Å²) in [5.74, 6) is 1.80. The van der Waals surface area contributed by atoms with Gasteiger partial charge in [-0.1, -0.05) is 51.1 Å². The lowest BCUT2D eigenvalue weighted by Crippen LogP contribution is -2.34. The summed E-state index contributed by atoms with van der Waals surface area (Å²) in [6.45, 7) is 9.98. The summed E-state index contributed by atoms with van der Waals surface area (Å²) in [7, 11) is 0. The molecule has 7 heteroatoms. The van der Waals surface area contributed by atoms with Gasteiger partial charge in [-0.15, -0.1) is 10.2 Å². The van der Waals surface area contributed by atoms with Crippen molar-refractivity contribution >= 4 is 5.91 Å². The normalized spacial score (nSPS) is 15.2. The molecular formula is C25H32N6O. The molecule has 1 amide bonds. The molecule has 4 rings (SSSR count). The standard InChI is InChI=1S/C25H32N6O/c1-4-19-8-10-20(11-9-19)17-30-14-12-22-28-29-24(31(22)16-15-30)23(18(2)3)27-25(32)21-7-5-6-13-26-21/h5-11,13,18,23H,4,12,14-17H2,1-3H3,(H,27,32). The van der Waals surface area contributed by atoms with Crippen LogP contribution in [-0.4, -0.2) is 43.6 Å². The molecule has 3 heterocycles. The van der Waals surface area contributed by atoms with Crippen molar-refractivity contribution < 1.29 is 4.79 Å². The number of pyridine rings is 1. The maximum Gasteiger partial charge on any atom is 0.270 e. The highest BCUT2D eigenvalue weighted by Gasteiger charge is 2.28. The summed E-state index contributed by atoms with van der Waals surface area (Å²) in [6, 6.07) is 14.0. The lowest BCUT2D eigenvalue weighted by atomic mass is 10.0. The quantitative estimate of drug-likeness (QED) is 0.619. The van der Waals surface area contributed by atoms with Crippen LogP contribution >= 0.6 is 0 Å². The van der Waals surface area contributed by atoms with Crippen molar-refractivity contribution in [1.82, 2.24) is 30.0 Å². The molecule has 1 N–H and O–H groups in total. The van der Waals surface area contributed by atoms with Crippen LogP contribution in [0.15, 0.2) is 48.7 Å². The van der Waals surface area contributed by atoms with Gasteiger partial charge in [0.2, 0.25) is 0 Å². The van der Waals surface area contributed by atoms with Crippen LogP contribution in [-0.2, 0) is 25.9 Å². The van der Waals surface area contributed by atoms with Gasteiger partial charge in [-0.3, -0.25) is 14.7 Å². The van der Waals surface area contributed by atoms with E-state index in [4.69, 9.17) is 0 Å². The van der Waals surface area contributed by atoms with Gasteiger partial charge in [0.15, 0.2) is 5.82 Å². The van der Waals surface area contributed by atoms with Crippen LogP contribution in [0.25, 0.3) is 0 Å². The van der Waals surface area contributed by atoms with Gasteiger partial charge in [0.25, 0.3) is 5.91 Å². The van der Waals surface area contributed by atoms with Gasteiger partial charge in [-0.25, -0.2) is 0 Å². The van der Waals surface area contributed by atoms with Crippen LogP contribution in [0, 0.1) is 5.92 Å². The number of carbonyl (C=O) groups excluding carboxylic acids is 1. The molecular weight excluding hydrogens is 400 g/mol. The highest BCUT2D eigenvalue weighted by atomic mass is 16.2. The zero-order chi connectivity index (χ0) is 22.5. The number of benzene rings is 1. The van der Waals surface area contributed by atoms with Crippen molar-refractivity contribution in [3.8, 4) is 0 Å². The third-order valence-electron chi connectivity index (χ3n) is 6.11. The third-order valence-corrected chi connectivity index (χ3v) is 6.11. The van der Waals surface area contributed by atoms with E-state index in [1.165, 1.54) is 11.1 Å². The Hall–Kier alpha value is -3.06. The van der Waals surface area contributed by atoms with E-state index in [2.05, 4.69) is 75.0 Å².